The molecule has 6 nitrogen and oxygen atoms in total. The maximum Gasteiger partial charge on any atom is 0.411 e. The van der Waals surface area contributed by atoms with Gasteiger partial charge in [0.15, 0.2) is 0 Å². The molecule has 19 heavy (non-hydrogen) atoms. The number of nitrogens with one attached hydrogen (secondary N) is 2. The second-order valence-electron chi connectivity index (χ2n) is 3.83. The number of anilines is 2. The van der Waals surface area contributed by atoms with Crippen LogP contribution in [0.3, 0.4) is 0 Å². The van der Waals surface area contributed by atoms with Crippen molar-refractivity contribution in [2.45, 2.75) is 19.8 Å². The zero-order valence-electron chi connectivity index (χ0n) is 11.3. The number of carbonyl (C=O) groups excluding carboxylic acids is 2. The number of ether oxygens (including phenoxy) is 2. The van der Waals surface area contributed by atoms with Crippen LogP contribution in [-0.2, 0) is 9.53 Å². The van der Waals surface area contributed by atoms with E-state index in [1.54, 1.807) is 18.2 Å². The maximum absolute atomic E-state index is 11.5. The molecule has 0 saturated carbocycles. The second-order valence-corrected chi connectivity index (χ2v) is 3.83. The predicted molar refractivity (Wildman–Crippen MR) is 72.6 cm³/mol. The summed E-state index contributed by atoms with van der Waals surface area (Å²) in [6.07, 6.45) is 0.659. The largest absolute Gasteiger partial charge is 0.494 e. The SMILES string of the molecule is CCCC(=O)Nc1ccc(NC(=O)OC)cc1OC. The summed E-state index contributed by atoms with van der Waals surface area (Å²) in [7, 11) is 2.78. The Labute approximate surface area is 112 Å². The average molecular weight is 266 g/mol. The Morgan fingerprint density at radius 3 is 2.53 bits per heavy atom. The number of carbonyl (C=O) groups is 2. The van der Waals surface area contributed by atoms with Gasteiger partial charge in [0.05, 0.1) is 19.9 Å². The average Bonchev–Trinajstić information content (AvgIpc) is 2.40. The zero-order chi connectivity index (χ0) is 14.3. The molecule has 0 radical (unpaired) electrons. The highest BCUT2D eigenvalue weighted by Crippen LogP contribution is 2.28. The molecule has 6 heteroatoms. The molecule has 2 amide bonds. The van der Waals surface area contributed by atoms with Gasteiger partial charge in [0.25, 0.3) is 0 Å². The minimum Gasteiger partial charge on any atom is -0.494 e. The van der Waals surface area contributed by atoms with Crippen molar-refractivity contribution in [3.63, 3.8) is 0 Å². The fourth-order valence-electron chi connectivity index (χ4n) is 1.48. The molecule has 0 fully saturated rings. The van der Waals surface area contributed by atoms with Gasteiger partial charge in [0, 0.05) is 18.2 Å². The van der Waals surface area contributed by atoms with Crippen LogP contribution in [-0.4, -0.2) is 26.2 Å². The molecular weight excluding hydrogens is 248 g/mol. The Kier molecular flexibility index (Phi) is 5.66. The molecule has 0 spiro atoms. The minimum absolute atomic E-state index is 0.0746. The molecule has 104 valence electrons. The number of amides is 2. The number of benzene rings is 1. The monoisotopic (exact) mass is 266 g/mol. The van der Waals surface area contributed by atoms with Crippen LogP contribution in [0.4, 0.5) is 16.2 Å². The quantitative estimate of drug-likeness (QED) is 0.858. The molecular formula is C13H18N2O4. The van der Waals surface area contributed by atoms with Gasteiger partial charge in [-0.25, -0.2) is 4.79 Å². The van der Waals surface area contributed by atoms with Gasteiger partial charge >= 0.3 is 6.09 Å². The molecule has 0 heterocycles. The lowest BCUT2D eigenvalue weighted by Crippen LogP contribution is -2.13. The fourth-order valence-corrected chi connectivity index (χ4v) is 1.48. The third kappa shape index (κ3) is 4.50. The van der Waals surface area contributed by atoms with Crippen LogP contribution in [0.25, 0.3) is 0 Å². The summed E-state index contributed by atoms with van der Waals surface area (Å²) in [5.41, 5.74) is 1.09. The van der Waals surface area contributed by atoms with Gasteiger partial charge < -0.3 is 14.8 Å². The lowest BCUT2D eigenvalue weighted by atomic mass is 10.2. The highest BCUT2D eigenvalue weighted by molar-refractivity contribution is 5.93. The summed E-state index contributed by atoms with van der Waals surface area (Å²) in [4.78, 5) is 22.6. The Morgan fingerprint density at radius 2 is 1.95 bits per heavy atom. The standard InChI is InChI=1S/C13H18N2O4/c1-4-5-12(16)15-10-7-6-9(8-11(10)18-2)14-13(17)19-3/h6-8H,4-5H2,1-3H3,(H,14,17)(H,15,16). The summed E-state index contributed by atoms with van der Waals surface area (Å²) in [6.45, 7) is 1.93. The molecule has 0 saturated heterocycles. The van der Waals surface area contributed by atoms with Gasteiger partial charge in [0.2, 0.25) is 5.91 Å². The van der Waals surface area contributed by atoms with Gasteiger partial charge in [0.1, 0.15) is 5.75 Å². The van der Waals surface area contributed by atoms with Crippen LogP contribution in [0, 0.1) is 0 Å². The molecule has 0 aliphatic rings. The summed E-state index contributed by atoms with van der Waals surface area (Å²) >= 11 is 0. The summed E-state index contributed by atoms with van der Waals surface area (Å²) in [5.74, 6) is 0.396. The fraction of sp³-hybridized carbons (Fsp3) is 0.385. The van der Waals surface area contributed by atoms with Crippen molar-refractivity contribution in [1.29, 1.82) is 0 Å². The van der Waals surface area contributed by atoms with E-state index in [2.05, 4.69) is 15.4 Å². The first-order valence-electron chi connectivity index (χ1n) is 5.93. The second kappa shape index (κ2) is 7.25. The molecule has 1 aromatic carbocycles. The van der Waals surface area contributed by atoms with Crippen LogP contribution in [0.2, 0.25) is 0 Å². The molecule has 1 aromatic rings. The molecule has 0 aliphatic carbocycles. The van der Waals surface area contributed by atoms with Crippen LogP contribution < -0.4 is 15.4 Å². The van der Waals surface area contributed by atoms with E-state index in [4.69, 9.17) is 4.74 Å². The Bertz CT molecular complexity index is 460. The van der Waals surface area contributed by atoms with E-state index in [1.807, 2.05) is 6.92 Å². The first-order chi connectivity index (χ1) is 9.10. The van der Waals surface area contributed by atoms with Crippen molar-refractivity contribution in [3.05, 3.63) is 18.2 Å². The van der Waals surface area contributed by atoms with E-state index in [0.717, 1.165) is 6.42 Å². The van der Waals surface area contributed by atoms with Gasteiger partial charge in [-0.1, -0.05) is 6.92 Å². The first-order valence-corrected chi connectivity index (χ1v) is 5.93. The summed E-state index contributed by atoms with van der Waals surface area (Å²) < 4.78 is 9.67. The van der Waals surface area contributed by atoms with Crippen molar-refractivity contribution in [2.24, 2.45) is 0 Å². The van der Waals surface area contributed by atoms with E-state index in [1.165, 1.54) is 14.2 Å². The van der Waals surface area contributed by atoms with E-state index in [9.17, 15) is 9.59 Å². The Morgan fingerprint density at radius 1 is 1.21 bits per heavy atom. The highest BCUT2D eigenvalue weighted by Gasteiger charge is 2.09. The Balaban J connectivity index is 2.84. The van der Waals surface area contributed by atoms with E-state index >= 15 is 0 Å². The van der Waals surface area contributed by atoms with E-state index in [0.29, 0.717) is 23.5 Å². The van der Waals surface area contributed by atoms with Crippen molar-refractivity contribution >= 4 is 23.4 Å². The van der Waals surface area contributed by atoms with Crippen molar-refractivity contribution < 1.29 is 19.1 Å². The molecule has 0 aliphatic heterocycles. The van der Waals surface area contributed by atoms with Gasteiger partial charge in [-0.15, -0.1) is 0 Å². The van der Waals surface area contributed by atoms with Crippen molar-refractivity contribution in [3.8, 4) is 5.75 Å². The lowest BCUT2D eigenvalue weighted by molar-refractivity contribution is -0.116. The number of methoxy groups -OCH3 is 2. The number of hydrogen-bond donors (Lipinski definition) is 2. The zero-order valence-corrected chi connectivity index (χ0v) is 11.3. The van der Waals surface area contributed by atoms with Crippen LogP contribution in [0.1, 0.15) is 19.8 Å². The molecule has 0 unspecified atom stereocenters. The van der Waals surface area contributed by atoms with Crippen LogP contribution in [0.15, 0.2) is 18.2 Å². The molecule has 0 atom stereocenters. The Hall–Kier alpha value is -2.24. The number of hydrogen-bond acceptors (Lipinski definition) is 4. The smallest absolute Gasteiger partial charge is 0.411 e. The van der Waals surface area contributed by atoms with Gasteiger partial charge in [-0.2, -0.15) is 0 Å². The predicted octanol–water partition coefficient (Wildman–Crippen LogP) is 2.61. The normalized spacial score (nSPS) is 9.63. The number of rotatable bonds is 5. The highest BCUT2D eigenvalue weighted by atomic mass is 16.5. The summed E-state index contributed by atoms with van der Waals surface area (Å²) in [5, 5.41) is 5.27. The van der Waals surface area contributed by atoms with Crippen molar-refractivity contribution in [1.82, 2.24) is 0 Å². The molecule has 0 aromatic heterocycles. The maximum atomic E-state index is 11.5. The molecule has 0 bridgehead atoms. The van der Waals surface area contributed by atoms with Crippen LogP contribution >= 0.6 is 0 Å². The van der Waals surface area contributed by atoms with E-state index < -0.39 is 6.09 Å². The minimum atomic E-state index is -0.565. The van der Waals surface area contributed by atoms with E-state index in [-0.39, 0.29) is 5.91 Å². The summed E-state index contributed by atoms with van der Waals surface area (Å²) in [6, 6.07) is 4.93. The van der Waals surface area contributed by atoms with Gasteiger partial charge in [-0.3, -0.25) is 10.1 Å². The van der Waals surface area contributed by atoms with Gasteiger partial charge in [-0.05, 0) is 18.6 Å². The third-order valence-electron chi connectivity index (χ3n) is 2.38. The van der Waals surface area contributed by atoms with Crippen molar-refractivity contribution in [2.75, 3.05) is 24.9 Å². The third-order valence-corrected chi connectivity index (χ3v) is 2.38. The first kappa shape index (κ1) is 14.8. The molecule has 1 rings (SSSR count). The van der Waals surface area contributed by atoms with Crippen LogP contribution in [0.5, 0.6) is 5.75 Å². The topological polar surface area (TPSA) is 76.7 Å². The lowest BCUT2D eigenvalue weighted by Gasteiger charge is -2.12. The molecule has 2 N–H and O–H groups in total.